The highest BCUT2D eigenvalue weighted by atomic mass is 16.5. The molecule has 5 heteroatoms. The van der Waals surface area contributed by atoms with Gasteiger partial charge < -0.3 is 14.5 Å². The first-order chi connectivity index (χ1) is 14.4. The van der Waals surface area contributed by atoms with Gasteiger partial charge in [0.05, 0.1) is 0 Å². The van der Waals surface area contributed by atoms with Crippen molar-refractivity contribution in [3.63, 3.8) is 0 Å². The zero-order chi connectivity index (χ0) is 21.7. The molecule has 160 valence electrons. The van der Waals surface area contributed by atoms with Gasteiger partial charge in [-0.25, -0.2) is 0 Å². The van der Waals surface area contributed by atoms with E-state index >= 15 is 0 Å². The Kier molecular flexibility index (Phi) is 7.14. The van der Waals surface area contributed by atoms with E-state index in [9.17, 15) is 9.59 Å². The molecule has 0 aliphatic carbocycles. The molecule has 2 aromatic carbocycles. The average molecular weight is 409 g/mol. The number of aryl methyl sites for hydroxylation is 1. The van der Waals surface area contributed by atoms with E-state index in [4.69, 9.17) is 4.74 Å². The second-order valence-corrected chi connectivity index (χ2v) is 8.27. The third kappa shape index (κ3) is 5.21. The zero-order valence-corrected chi connectivity index (χ0v) is 18.4. The Hall–Kier alpha value is -2.82. The summed E-state index contributed by atoms with van der Waals surface area (Å²) in [6, 6.07) is 15.3. The van der Waals surface area contributed by atoms with Gasteiger partial charge in [0.15, 0.2) is 6.10 Å². The Balaban J connectivity index is 1.59. The Morgan fingerprint density at radius 2 is 1.57 bits per heavy atom. The van der Waals surface area contributed by atoms with Crippen LogP contribution in [0.3, 0.4) is 0 Å². The SMILES string of the molecule is Cc1cc(OC(C)C(=O)N2CCCN(C(=O)c3ccccc3)CC2)ccc1C(C)C. The number of hydrogen-bond donors (Lipinski definition) is 0. The number of rotatable bonds is 5. The van der Waals surface area contributed by atoms with Gasteiger partial charge in [0.1, 0.15) is 5.75 Å². The van der Waals surface area contributed by atoms with Crippen LogP contribution in [0.2, 0.25) is 0 Å². The van der Waals surface area contributed by atoms with Crippen LogP contribution < -0.4 is 4.74 Å². The summed E-state index contributed by atoms with van der Waals surface area (Å²) in [4.78, 5) is 29.3. The Morgan fingerprint density at radius 1 is 0.900 bits per heavy atom. The van der Waals surface area contributed by atoms with E-state index in [1.165, 1.54) is 11.1 Å². The van der Waals surface area contributed by atoms with E-state index in [1.54, 1.807) is 6.92 Å². The van der Waals surface area contributed by atoms with Crippen molar-refractivity contribution in [2.24, 2.45) is 0 Å². The van der Waals surface area contributed by atoms with E-state index in [0.717, 1.165) is 6.42 Å². The smallest absolute Gasteiger partial charge is 0.263 e. The lowest BCUT2D eigenvalue weighted by Crippen LogP contribution is -2.43. The molecule has 0 N–H and O–H groups in total. The second-order valence-electron chi connectivity index (χ2n) is 8.27. The van der Waals surface area contributed by atoms with Crippen molar-refractivity contribution in [1.82, 2.24) is 9.80 Å². The standard InChI is InChI=1S/C25H32N2O3/c1-18(2)23-12-11-22(17-19(23)3)30-20(4)24(28)26-13-8-14-27(16-15-26)25(29)21-9-6-5-7-10-21/h5-7,9-12,17-18,20H,8,13-16H2,1-4H3. The van der Waals surface area contributed by atoms with Crippen LogP contribution in [0.25, 0.3) is 0 Å². The molecular formula is C25H32N2O3. The Bertz CT molecular complexity index is 879. The number of carbonyl (C=O) groups excluding carboxylic acids is 2. The van der Waals surface area contributed by atoms with Gasteiger partial charge in [-0.15, -0.1) is 0 Å². The maximum Gasteiger partial charge on any atom is 0.263 e. The first-order valence-electron chi connectivity index (χ1n) is 10.8. The fraction of sp³-hybridized carbons (Fsp3) is 0.440. The molecule has 30 heavy (non-hydrogen) atoms. The highest BCUT2D eigenvalue weighted by Crippen LogP contribution is 2.24. The lowest BCUT2D eigenvalue weighted by Gasteiger charge is -2.25. The van der Waals surface area contributed by atoms with Crippen molar-refractivity contribution < 1.29 is 14.3 Å². The molecule has 5 nitrogen and oxygen atoms in total. The van der Waals surface area contributed by atoms with E-state index < -0.39 is 6.10 Å². The maximum atomic E-state index is 13.0. The lowest BCUT2D eigenvalue weighted by molar-refractivity contribution is -0.137. The Labute approximate surface area is 179 Å². The highest BCUT2D eigenvalue weighted by Gasteiger charge is 2.26. The molecule has 0 radical (unpaired) electrons. The number of hydrogen-bond acceptors (Lipinski definition) is 3. The van der Waals surface area contributed by atoms with Crippen LogP contribution >= 0.6 is 0 Å². The minimum Gasteiger partial charge on any atom is -0.481 e. The molecule has 2 amide bonds. The summed E-state index contributed by atoms with van der Waals surface area (Å²) >= 11 is 0. The summed E-state index contributed by atoms with van der Waals surface area (Å²) in [6.45, 7) is 10.6. The van der Waals surface area contributed by atoms with Gasteiger partial charge in [0.2, 0.25) is 0 Å². The van der Waals surface area contributed by atoms with E-state index in [0.29, 0.717) is 43.4 Å². The molecule has 1 unspecified atom stereocenters. The van der Waals surface area contributed by atoms with Crippen molar-refractivity contribution >= 4 is 11.8 Å². The largest absolute Gasteiger partial charge is 0.481 e. The molecule has 2 aromatic rings. The second kappa shape index (κ2) is 9.79. The van der Waals surface area contributed by atoms with Crippen LogP contribution in [0.5, 0.6) is 5.75 Å². The van der Waals surface area contributed by atoms with Crippen molar-refractivity contribution in [2.45, 2.75) is 46.1 Å². The monoisotopic (exact) mass is 408 g/mol. The van der Waals surface area contributed by atoms with Gasteiger partial charge in [-0.05, 0) is 61.6 Å². The van der Waals surface area contributed by atoms with Crippen molar-refractivity contribution in [3.05, 3.63) is 65.2 Å². The van der Waals surface area contributed by atoms with E-state index in [-0.39, 0.29) is 11.8 Å². The van der Waals surface area contributed by atoms with Gasteiger partial charge in [-0.3, -0.25) is 9.59 Å². The summed E-state index contributed by atoms with van der Waals surface area (Å²) in [7, 11) is 0. The molecule has 1 aliphatic rings. The third-order valence-corrected chi connectivity index (χ3v) is 5.64. The number of nitrogens with zero attached hydrogens (tertiary/aromatic N) is 2. The fourth-order valence-corrected chi connectivity index (χ4v) is 3.99. The molecule has 1 aliphatic heterocycles. The predicted octanol–water partition coefficient (Wildman–Crippen LogP) is 4.26. The van der Waals surface area contributed by atoms with E-state index in [2.05, 4.69) is 26.8 Å². The van der Waals surface area contributed by atoms with Crippen LogP contribution in [0.4, 0.5) is 0 Å². The number of benzene rings is 2. The first kappa shape index (κ1) is 21.9. The van der Waals surface area contributed by atoms with Crippen molar-refractivity contribution in [3.8, 4) is 5.75 Å². The maximum absolute atomic E-state index is 13.0. The van der Waals surface area contributed by atoms with Crippen LogP contribution in [0.1, 0.15) is 54.6 Å². The third-order valence-electron chi connectivity index (χ3n) is 5.64. The van der Waals surface area contributed by atoms with Crippen molar-refractivity contribution in [2.75, 3.05) is 26.2 Å². The van der Waals surface area contributed by atoms with Crippen LogP contribution in [0.15, 0.2) is 48.5 Å². The lowest BCUT2D eigenvalue weighted by atomic mass is 9.98. The molecule has 1 saturated heterocycles. The van der Waals surface area contributed by atoms with Crippen molar-refractivity contribution in [1.29, 1.82) is 0 Å². The summed E-state index contributed by atoms with van der Waals surface area (Å²) < 4.78 is 5.96. The predicted molar refractivity (Wildman–Crippen MR) is 119 cm³/mol. The summed E-state index contributed by atoms with van der Waals surface area (Å²) in [5.41, 5.74) is 3.15. The molecule has 0 aromatic heterocycles. The minimum atomic E-state index is -0.564. The normalized spacial score (nSPS) is 15.6. The number of carbonyl (C=O) groups is 2. The molecule has 0 spiro atoms. The summed E-state index contributed by atoms with van der Waals surface area (Å²) in [5.74, 6) is 1.16. The molecule has 0 bridgehead atoms. The molecule has 1 heterocycles. The molecule has 3 rings (SSSR count). The summed E-state index contributed by atoms with van der Waals surface area (Å²) in [6.07, 6.45) is 0.199. The topological polar surface area (TPSA) is 49.9 Å². The fourth-order valence-electron chi connectivity index (χ4n) is 3.99. The highest BCUT2D eigenvalue weighted by molar-refractivity contribution is 5.94. The quantitative estimate of drug-likeness (QED) is 0.743. The van der Waals surface area contributed by atoms with Gasteiger partial charge >= 0.3 is 0 Å². The summed E-state index contributed by atoms with van der Waals surface area (Å²) in [5, 5.41) is 0. The van der Waals surface area contributed by atoms with Gasteiger partial charge in [0.25, 0.3) is 11.8 Å². The van der Waals surface area contributed by atoms with Crippen LogP contribution in [0, 0.1) is 6.92 Å². The van der Waals surface area contributed by atoms with Gasteiger partial charge in [-0.1, -0.05) is 38.1 Å². The molecule has 1 atom stereocenters. The minimum absolute atomic E-state index is 0.0231. The molecule has 0 saturated carbocycles. The van der Waals surface area contributed by atoms with E-state index in [1.807, 2.05) is 52.3 Å². The van der Waals surface area contributed by atoms with Gasteiger partial charge in [-0.2, -0.15) is 0 Å². The number of ether oxygens (including phenoxy) is 1. The zero-order valence-electron chi connectivity index (χ0n) is 18.4. The average Bonchev–Trinajstić information content (AvgIpc) is 2.99. The van der Waals surface area contributed by atoms with Crippen LogP contribution in [-0.2, 0) is 4.79 Å². The Morgan fingerprint density at radius 3 is 2.23 bits per heavy atom. The molecular weight excluding hydrogens is 376 g/mol. The molecule has 1 fully saturated rings. The number of amides is 2. The first-order valence-corrected chi connectivity index (χ1v) is 10.8. The van der Waals surface area contributed by atoms with Gasteiger partial charge in [0, 0.05) is 31.7 Å². The van der Waals surface area contributed by atoms with Crippen LogP contribution in [-0.4, -0.2) is 53.9 Å².